The predicted molar refractivity (Wildman–Crippen MR) is 82.2 cm³/mol. The SMILES string of the molecule is CC/C=C/CCCCCCCC(=O)OCC(C)(C)C. The molecule has 0 saturated heterocycles. The third-order valence-corrected chi connectivity index (χ3v) is 2.82. The minimum atomic E-state index is -0.0409. The molecule has 0 atom stereocenters. The molecule has 0 fully saturated rings. The van der Waals surface area contributed by atoms with Crippen LogP contribution in [0.2, 0.25) is 0 Å². The number of unbranched alkanes of at least 4 members (excludes halogenated alkanes) is 5. The molecule has 0 heterocycles. The van der Waals surface area contributed by atoms with E-state index in [1.807, 2.05) is 0 Å². The van der Waals surface area contributed by atoms with E-state index in [0.717, 1.165) is 19.3 Å². The van der Waals surface area contributed by atoms with Crippen LogP contribution in [0.5, 0.6) is 0 Å². The predicted octanol–water partition coefficient (Wildman–Crippen LogP) is 5.27. The van der Waals surface area contributed by atoms with Gasteiger partial charge < -0.3 is 4.74 Å². The molecule has 0 N–H and O–H groups in total. The van der Waals surface area contributed by atoms with Gasteiger partial charge in [-0.25, -0.2) is 0 Å². The topological polar surface area (TPSA) is 26.3 Å². The summed E-state index contributed by atoms with van der Waals surface area (Å²) in [6.45, 7) is 8.92. The summed E-state index contributed by atoms with van der Waals surface area (Å²) in [5.74, 6) is -0.0409. The van der Waals surface area contributed by atoms with Gasteiger partial charge in [0.2, 0.25) is 0 Å². The zero-order valence-corrected chi connectivity index (χ0v) is 13.3. The van der Waals surface area contributed by atoms with Gasteiger partial charge in [-0.1, -0.05) is 59.1 Å². The number of esters is 1. The highest BCUT2D eigenvalue weighted by Gasteiger charge is 2.13. The molecule has 2 nitrogen and oxygen atoms in total. The van der Waals surface area contributed by atoms with E-state index in [2.05, 4.69) is 39.8 Å². The Hall–Kier alpha value is -0.790. The van der Waals surface area contributed by atoms with Crippen LogP contribution >= 0.6 is 0 Å². The number of carbonyl (C=O) groups excluding carboxylic acids is 1. The normalized spacial score (nSPS) is 12.0. The van der Waals surface area contributed by atoms with Crippen LogP contribution in [0.15, 0.2) is 12.2 Å². The van der Waals surface area contributed by atoms with Crippen molar-refractivity contribution in [1.82, 2.24) is 0 Å². The Bertz CT molecular complexity index is 248. The molecule has 0 aromatic rings. The Morgan fingerprint density at radius 3 is 2.26 bits per heavy atom. The molecule has 0 aliphatic carbocycles. The summed E-state index contributed by atoms with van der Waals surface area (Å²) in [5, 5.41) is 0. The first-order chi connectivity index (χ1) is 8.95. The summed E-state index contributed by atoms with van der Waals surface area (Å²) in [4.78, 5) is 11.5. The molecule has 0 amide bonds. The maximum Gasteiger partial charge on any atom is 0.305 e. The van der Waals surface area contributed by atoms with Crippen LogP contribution in [0.3, 0.4) is 0 Å². The second-order valence-corrected chi connectivity index (χ2v) is 6.41. The maximum atomic E-state index is 11.5. The van der Waals surface area contributed by atoms with Crippen LogP contribution < -0.4 is 0 Å². The van der Waals surface area contributed by atoms with Gasteiger partial charge >= 0.3 is 5.97 Å². The summed E-state index contributed by atoms with van der Waals surface area (Å²) in [6.07, 6.45) is 13.3. The second kappa shape index (κ2) is 11.1. The van der Waals surface area contributed by atoms with E-state index < -0.39 is 0 Å². The third-order valence-electron chi connectivity index (χ3n) is 2.82. The molecular formula is C17H32O2. The van der Waals surface area contributed by atoms with Crippen LogP contribution in [0.1, 0.15) is 79.1 Å². The van der Waals surface area contributed by atoms with E-state index >= 15 is 0 Å². The Kier molecular flexibility index (Phi) is 10.6. The molecule has 0 aromatic heterocycles. The van der Waals surface area contributed by atoms with E-state index in [9.17, 15) is 4.79 Å². The molecule has 2 heteroatoms. The highest BCUT2D eigenvalue weighted by molar-refractivity contribution is 5.69. The number of rotatable bonds is 10. The van der Waals surface area contributed by atoms with Gasteiger partial charge in [0.05, 0.1) is 6.61 Å². The first kappa shape index (κ1) is 18.2. The van der Waals surface area contributed by atoms with Crippen molar-refractivity contribution in [3.63, 3.8) is 0 Å². The zero-order valence-electron chi connectivity index (χ0n) is 13.3. The minimum absolute atomic E-state index is 0.0409. The largest absolute Gasteiger partial charge is 0.465 e. The average molecular weight is 268 g/mol. The molecular weight excluding hydrogens is 236 g/mol. The number of hydrogen-bond donors (Lipinski definition) is 0. The average Bonchev–Trinajstić information content (AvgIpc) is 2.33. The second-order valence-electron chi connectivity index (χ2n) is 6.41. The molecule has 0 unspecified atom stereocenters. The molecule has 0 radical (unpaired) electrons. The molecule has 0 aliphatic rings. The number of allylic oxidation sites excluding steroid dienone is 2. The third kappa shape index (κ3) is 15.2. The summed E-state index contributed by atoms with van der Waals surface area (Å²) >= 11 is 0. The lowest BCUT2D eigenvalue weighted by molar-refractivity contribution is -0.146. The molecule has 0 aromatic carbocycles. The Morgan fingerprint density at radius 2 is 1.63 bits per heavy atom. The standard InChI is InChI=1S/C17H32O2/c1-5-6-7-8-9-10-11-12-13-14-16(18)19-15-17(2,3)4/h6-7H,5,8-15H2,1-4H3/b7-6+. The molecule has 0 spiro atoms. The maximum absolute atomic E-state index is 11.5. The van der Waals surface area contributed by atoms with Crippen LogP contribution in [-0.2, 0) is 9.53 Å². The lowest BCUT2D eigenvalue weighted by Gasteiger charge is -2.17. The lowest BCUT2D eigenvalue weighted by Crippen LogP contribution is -2.18. The van der Waals surface area contributed by atoms with Crippen molar-refractivity contribution in [2.45, 2.75) is 79.1 Å². The Labute approximate surface area is 119 Å². The molecule has 0 rings (SSSR count). The van der Waals surface area contributed by atoms with Crippen molar-refractivity contribution in [3.05, 3.63) is 12.2 Å². The molecule has 112 valence electrons. The van der Waals surface area contributed by atoms with E-state index in [-0.39, 0.29) is 11.4 Å². The van der Waals surface area contributed by atoms with Crippen molar-refractivity contribution >= 4 is 5.97 Å². The molecule has 0 saturated carbocycles. The van der Waals surface area contributed by atoms with E-state index in [1.54, 1.807) is 0 Å². The van der Waals surface area contributed by atoms with Crippen molar-refractivity contribution < 1.29 is 9.53 Å². The van der Waals surface area contributed by atoms with Gasteiger partial charge in [0.1, 0.15) is 0 Å². The Balaban J connectivity index is 3.30. The van der Waals surface area contributed by atoms with Gasteiger partial charge in [-0.05, 0) is 31.1 Å². The molecule has 0 bridgehead atoms. The highest BCUT2D eigenvalue weighted by Crippen LogP contribution is 2.14. The highest BCUT2D eigenvalue weighted by atomic mass is 16.5. The summed E-state index contributed by atoms with van der Waals surface area (Å²) in [5.41, 5.74) is 0.0711. The Morgan fingerprint density at radius 1 is 1.00 bits per heavy atom. The smallest absolute Gasteiger partial charge is 0.305 e. The van der Waals surface area contributed by atoms with Crippen LogP contribution in [0.25, 0.3) is 0 Å². The van der Waals surface area contributed by atoms with Crippen molar-refractivity contribution in [3.8, 4) is 0 Å². The minimum Gasteiger partial charge on any atom is -0.465 e. The van der Waals surface area contributed by atoms with Gasteiger partial charge in [-0.3, -0.25) is 4.79 Å². The quantitative estimate of drug-likeness (QED) is 0.306. The van der Waals surface area contributed by atoms with Crippen molar-refractivity contribution in [1.29, 1.82) is 0 Å². The van der Waals surface area contributed by atoms with Crippen molar-refractivity contribution in [2.75, 3.05) is 6.61 Å². The van der Waals surface area contributed by atoms with Crippen LogP contribution in [-0.4, -0.2) is 12.6 Å². The first-order valence-corrected chi connectivity index (χ1v) is 7.76. The number of hydrogen-bond acceptors (Lipinski definition) is 2. The fraction of sp³-hybridized carbons (Fsp3) is 0.824. The fourth-order valence-electron chi connectivity index (χ4n) is 1.72. The zero-order chi connectivity index (χ0) is 14.6. The van der Waals surface area contributed by atoms with Gasteiger partial charge in [0, 0.05) is 6.42 Å². The van der Waals surface area contributed by atoms with Gasteiger partial charge in [0.15, 0.2) is 0 Å². The van der Waals surface area contributed by atoms with Crippen LogP contribution in [0, 0.1) is 5.41 Å². The molecule has 0 aliphatic heterocycles. The van der Waals surface area contributed by atoms with Gasteiger partial charge in [0.25, 0.3) is 0 Å². The van der Waals surface area contributed by atoms with E-state index in [4.69, 9.17) is 4.74 Å². The van der Waals surface area contributed by atoms with Gasteiger partial charge in [-0.2, -0.15) is 0 Å². The fourth-order valence-corrected chi connectivity index (χ4v) is 1.72. The van der Waals surface area contributed by atoms with Crippen LogP contribution in [0.4, 0.5) is 0 Å². The van der Waals surface area contributed by atoms with Gasteiger partial charge in [-0.15, -0.1) is 0 Å². The first-order valence-electron chi connectivity index (χ1n) is 7.76. The summed E-state index contributed by atoms with van der Waals surface area (Å²) < 4.78 is 5.23. The van der Waals surface area contributed by atoms with E-state index in [0.29, 0.717) is 13.0 Å². The lowest BCUT2D eigenvalue weighted by atomic mass is 9.99. The van der Waals surface area contributed by atoms with E-state index in [1.165, 1.54) is 25.7 Å². The summed E-state index contributed by atoms with van der Waals surface area (Å²) in [6, 6.07) is 0. The monoisotopic (exact) mass is 268 g/mol. The van der Waals surface area contributed by atoms with Crippen molar-refractivity contribution in [2.24, 2.45) is 5.41 Å². The number of carbonyl (C=O) groups is 1. The summed E-state index contributed by atoms with van der Waals surface area (Å²) in [7, 11) is 0. The molecule has 19 heavy (non-hydrogen) atoms. The number of ether oxygens (including phenoxy) is 1.